The van der Waals surface area contributed by atoms with Crippen LogP contribution in [0.3, 0.4) is 0 Å². The van der Waals surface area contributed by atoms with Crippen LogP contribution in [0.5, 0.6) is 0 Å². The Morgan fingerprint density at radius 1 is 1.67 bits per heavy atom. The smallest absolute Gasteiger partial charge is 0.258 e. The molecular weight excluding hydrogens is 156 g/mol. The van der Waals surface area contributed by atoms with E-state index in [0.717, 1.165) is 5.69 Å². The van der Waals surface area contributed by atoms with Crippen LogP contribution in [-0.4, -0.2) is 9.91 Å². The minimum atomic E-state index is -0.469. The fourth-order valence-corrected chi connectivity index (χ4v) is 0.874. The van der Waals surface area contributed by atoms with Crippen molar-refractivity contribution in [3.63, 3.8) is 0 Å². The Hall–Kier alpha value is -1.71. The van der Waals surface area contributed by atoms with Gasteiger partial charge >= 0.3 is 0 Å². The van der Waals surface area contributed by atoms with Crippen molar-refractivity contribution in [1.82, 2.24) is 4.98 Å². The first kappa shape index (κ1) is 8.39. The van der Waals surface area contributed by atoms with Gasteiger partial charge in [0.15, 0.2) is 0 Å². The molecular formula is C8H8N2O2. The van der Waals surface area contributed by atoms with Gasteiger partial charge in [0.05, 0.1) is 4.92 Å². The molecule has 0 aliphatic carbocycles. The van der Waals surface area contributed by atoms with E-state index < -0.39 is 4.92 Å². The number of nitrogens with zero attached hydrogens (tertiary/aromatic N) is 2. The monoisotopic (exact) mass is 164 g/mol. The SMILES string of the molecule is C=Cc1nc(C)ccc1[N+](=O)[O-]. The molecule has 0 atom stereocenters. The molecule has 0 unspecified atom stereocenters. The topological polar surface area (TPSA) is 56.0 Å². The molecule has 0 N–H and O–H groups in total. The Labute approximate surface area is 69.7 Å². The molecule has 0 aliphatic rings. The largest absolute Gasteiger partial charge is 0.294 e. The highest BCUT2D eigenvalue weighted by atomic mass is 16.6. The van der Waals surface area contributed by atoms with E-state index in [2.05, 4.69) is 11.6 Å². The predicted octanol–water partition coefficient (Wildman–Crippen LogP) is 1.94. The maximum absolute atomic E-state index is 10.4. The molecule has 0 spiro atoms. The van der Waals surface area contributed by atoms with E-state index in [1.165, 1.54) is 12.1 Å². The summed E-state index contributed by atoms with van der Waals surface area (Å²) in [6.07, 6.45) is 1.38. The first-order valence-electron chi connectivity index (χ1n) is 3.39. The standard InChI is InChI=1S/C8H8N2O2/c1-3-7-8(10(11)12)5-4-6(2)9-7/h3-5H,1H2,2H3. The van der Waals surface area contributed by atoms with Crippen LogP contribution in [0.15, 0.2) is 18.7 Å². The minimum absolute atomic E-state index is 0.00407. The van der Waals surface area contributed by atoms with Gasteiger partial charge in [-0.05, 0) is 19.1 Å². The molecule has 0 radical (unpaired) electrons. The summed E-state index contributed by atoms with van der Waals surface area (Å²) in [7, 11) is 0. The summed E-state index contributed by atoms with van der Waals surface area (Å²) >= 11 is 0. The lowest BCUT2D eigenvalue weighted by Gasteiger charge is -1.96. The molecule has 0 saturated carbocycles. The van der Waals surface area contributed by atoms with Gasteiger partial charge in [-0.15, -0.1) is 0 Å². The normalized spacial score (nSPS) is 9.42. The molecule has 1 heterocycles. The Morgan fingerprint density at radius 2 is 2.33 bits per heavy atom. The van der Waals surface area contributed by atoms with Crippen molar-refractivity contribution in [3.8, 4) is 0 Å². The van der Waals surface area contributed by atoms with Crippen LogP contribution in [-0.2, 0) is 0 Å². The van der Waals surface area contributed by atoms with Gasteiger partial charge in [-0.2, -0.15) is 0 Å². The second-order valence-corrected chi connectivity index (χ2v) is 2.32. The van der Waals surface area contributed by atoms with Crippen LogP contribution in [0.2, 0.25) is 0 Å². The molecule has 1 aromatic heterocycles. The Morgan fingerprint density at radius 3 is 2.83 bits per heavy atom. The van der Waals surface area contributed by atoms with E-state index in [9.17, 15) is 10.1 Å². The second kappa shape index (κ2) is 3.13. The van der Waals surface area contributed by atoms with Crippen LogP contribution >= 0.6 is 0 Å². The number of rotatable bonds is 2. The highest BCUT2D eigenvalue weighted by Crippen LogP contribution is 2.16. The van der Waals surface area contributed by atoms with Crippen LogP contribution in [0.4, 0.5) is 5.69 Å². The average Bonchev–Trinajstić information content (AvgIpc) is 2.03. The number of hydrogen-bond acceptors (Lipinski definition) is 3. The summed E-state index contributed by atoms with van der Waals surface area (Å²) in [6, 6.07) is 3.03. The third-order valence-corrected chi connectivity index (χ3v) is 1.43. The van der Waals surface area contributed by atoms with Crippen molar-refractivity contribution in [2.45, 2.75) is 6.92 Å². The van der Waals surface area contributed by atoms with Gasteiger partial charge in [-0.1, -0.05) is 6.58 Å². The number of pyridine rings is 1. The maximum Gasteiger partial charge on any atom is 0.294 e. The number of aromatic nitrogens is 1. The van der Waals surface area contributed by atoms with Crippen molar-refractivity contribution < 1.29 is 4.92 Å². The van der Waals surface area contributed by atoms with Gasteiger partial charge < -0.3 is 0 Å². The minimum Gasteiger partial charge on any atom is -0.258 e. The highest BCUT2D eigenvalue weighted by molar-refractivity contribution is 5.55. The zero-order valence-electron chi connectivity index (χ0n) is 6.65. The Kier molecular flexibility index (Phi) is 2.19. The molecule has 0 bridgehead atoms. The lowest BCUT2D eigenvalue weighted by molar-refractivity contribution is -0.385. The third kappa shape index (κ3) is 1.47. The van der Waals surface area contributed by atoms with Crippen LogP contribution in [0.25, 0.3) is 6.08 Å². The number of hydrogen-bond donors (Lipinski definition) is 0. The number of aryl methyl sites for hydroxylation is 1. The van der Waals surface area contributed by atoms with E-state index in [-0.39, 0.29) is 5.69 Å². The zero-order valence-corrected chi connectivity index (χ0v) is 6.65. The highest BCUT2D eigenvalue weighted by Gasteiger charge is 2.11. The van der Waals surface area contributed by atoms with E-state index in [1.807, 2.05) is 0 Å². The summed E-state index contributed by atoms with van der Waals surface area (Å²) < 4.78 is 0. The van der Waals surface area contributed by atoms with Crippen LogP contribution in [0, 0.1) is 17.0 Å². The first-order chi connectivity index (χ1) is 5.65. The van der Waals surface area contributed by atoms with E-state index in [4.69, 9.17) is 0 Å². The van der Waals surface area contributed by atoms with Gasteiger partial charge in [-0.25, -0.2) is 4.98 Å². The van der Waals surface area contributed by atoms with E-state index in [1.54, 1.807) is 13.0 Å². The van der Waals surface area contributed by atoms with E-state index >= 15 is 0 Å². The molecule has 0 aromatic carbocycles. The lowest BCUT2D eigenvalue weighted by atomic mass is 10.2. The van der Waals surface area contributed by atoms with Gasteiger partial charge in [-0.3, -0.25) is 10.1 Å². The van der Waals surface area contributed by atoms with Crippen molar-refractivity contribution in [1.29, 1.82) is 0 Å². The van der Waals surface area contributed by atoms with Gasteiger partial charge in [0, 0.05) is 11.8 Å². The molecule has 0 saturated heterocycles. The molecule has 1 rings (SSSR count). The van der Waals surface area contributed by atoms with Gasteiger partial charge in [0.2, 0.25) is 0 Å². The fraction of sp³-hybridized carbons (Fsp3) is 0.125. The predicted molar refractivity (Wildman–Crippen MR) is 45.7 cm³/mol. The summed E-state index contributed by atoms with van der Waals surface area (Å²) in [5.41, 5.74) is 1.06. The van der Waals surface area contributed by atoms with Crippen molar-refractivity contribution in [2.75, 3.05) is 0 Å². The molecule has 62 valence electrons. The summed E-state index contributed by atoms with van der Waals surface area (Å²) in [6.45, 7) is 5.22. The summed E-state index contributed by atoms with van der Waals surface area (Å²) in [4.78, 5) is 13.9. The van der Waals surface area contributed by atoms with Gasteiger partial charge in [0.25, 0.3) is 5.69 Å². The molecule has 1 aromatic rings. The van der Waals surface area contributed by atoms with Crippen molar-refractivity contribution >= 4 is 11.8 Å². The lowest BCUT2D eigenvalue weighted by Crippen LogP contribution is -1.94. The Balaban J connectivity index is 3.29. The molecule has 4 heteroatoms. The summed E-state index contributed by atoms with van der Waals surface area (Å²) in [5.74, 6) is 0. The number of nitro groups is 1. The quantitative estimate of drug-likeness (QED) is 0.495. The molecule has 0 amide bonds. The average molecular weight is 164 g/mol. The second-order valence-electron chi connectivity index (χ2n) is 2.32. The van der Waals surface area contributed by atoms with Crippen LogP contribution in [0.1, 0.15) is 11.4 Å². The molecule has 0 fully saturated rings. The first-order valence-corrected chi connectivity index (χ1v) is 3.39. The zero-order chi connectivity index (χ0) is 9.14. The molecule has 12 heavy (non-hydrogen) atoms. The third-order valence-electron chi connectivity index (χ3n) is 1.43. The maximum atomic E-state index is 10.4. The van der Waals surface area contributed by atoms with E-state index in [0.29, 0.717) is 5.69 Å². The molecule has 0 aliphatic heterocycles. The molecule has 4 nitrogen and oxygen atoms in total. The van der Waals surface area contributed by atoms with Crippen LogP contribution < -0.4 is 0 Å². The Bertz CT molecular complexity index is 334. The fourth-order valence-electron chi connectivity index (χ4n) is 0.874. The van der Waals surface area contributed by atoms with Crippen molar-refractivity contribution in [3.05, 3.63) is 40.2 Å². The van der Waals surface area contributed by atoms with Crippen molar-refractivity contribution in [2.24, 2.45) is 0 Å². The van der Waals surface area contributed by atoms with Gasteiger partial charge in [0.1, 0.15) is 5.69 Å². The summed E-state index contributed by atoms with van der Waals surface area (Å²) in [5, 5.41) is 10.4.